The Bertz CT molecular complexity index is 566. The maximum absolute atomic E-state index is 11.5. The quantitative estimate of drug-likeness (QED) is 0.822. The summed E-state index contributed by atoms with van der Waals surface area (Å²) >= 11 is 1.49. The van der Waals surface area contributed by atoms with Crippen molar-refractivity contribution in [3.63, 3.8) is 0 Å². The second kappa shape index (κ2) is 4.50. The number of hydrogen-bond acceptors (Lipinski definition) is 6. The monoisotopic (exact) mass is 249 g/mol. The van der Waals surface area contributed by atoms with Crippen LogP contribution in [-0.2, 0) is 4.74 Å². The number of nitrogen functional groups attached to an aromatic ring is 1. The normalized spacial score (nSPS) is 10.2. The minimum atomic E-state index is -0.495. The molecule has 0 saturated heterocycles. The molecule has 6 heteroatoms. The van der Waals surface area contributed by atoms with Gasteiger partial charge in [0.15, 0.2) is 0 Å². The summed E-state index contributed by atoms with van der Waals surface area (Å²) in [5.74, 6) is -0.334. The fraction of sp³-hybridized carbons (Fsp3) is 0.182. The SMILES string of the molecule is COC(=O)c1cc(-c2nc(C)cs2)cnc1N. The van der Waals surface area contributed by atoms with Crippen LogP contribution in [-0.4, -0.2) is 23.0 Å². The van der Waals surface area contributed by atoms with Gasteiger partial charge in [0, 0.05) is 22.8 Å². The van der Waals surface area contributed by atoms with E-state index in [2.05, 4.69) is 14.7 Å². The van der Waals surface area contributed by atoms with Gasteiger partial charge in [-0.1, -0.05) is 0 Å². The van der Waals surface area contributed by atoms with E-state index in [0.29, 0.717) is 0 Å². The molecule has 0 spiro atoms. The van der Waals surface area contributed by atoms with Crippen molar-refractivity contribution in [2.45, 2.75) is 6.92 Å². The van der Waals surface area contributed by atoms with Crippen molar-refractivity contribution in [1.82, 2.24) is 9.97 Å². The molecule has 2 aromatic heterocycles. The van der Waals surface area contributed by atoms with Crippen LogP contribution >= 0.6 is 11.3 Å². The molecule has 0 aromatic carbocycles. The average molecular weight is 249 g/mol. The molecule has 2 aromatic rings. The molecule has 0 saturated carbocycles. The van der Waals surface area contributed by atoms with Gasteiger partial charge >= 0.3 is 5.97 Å². The molecule has 2 N–H and O–H groups in total. The zero-order chi connectivity index (χ0) is 12.4. The number of carbonyl (C=O) groups is 1. The van der Waals surface area contributed by atoms with Crippen molar-refractivity contribution < 1.29 is 9.53 Å². The fourth-order valence-corrected chi connectivity index (χ4v) is 2.13. The van der Waals surface area contributed by atoms with Gasteiger partial charge in [-0.15, -0.1) is 11.3 Å². The first-order chi connectivity index (χ1) is 8.11. The van der Waals surface area contributed by atoms with Gasteiger partial charge in [0.25, 0.3) is 0 Å². The zero-order valence-electron chi connectivity index (χ0n) is 9.43. The lowest BCUT2D eigenvalue weighted by atomic mass is 10.2. The van der Waals surface area contributed by atoms with Gasteiger partial charge in [-0.3, -0.25) is 0 Å². The second-order valence-electron chi connectivity index (χ2n) is 3.44. The number of ether oxygens (including phenoxy) is 1. The van der Waals surface area contributed by atoms with Crippen LogP contribution in [0, 0.1) is 6.92 Å². The largest absolute Gasteiger partial charge is 0.465 e. The van der Waals surface area contributed by atoms with E-state index in [9.17, 15) is 4.79 Å². The Balaban J connectivity index is 2.47. The predicted molar refractivity (Wildman–Crippen MR) is 65.8 cm³/mol. The molecule has 0 atom stereocenters. The summed E-state index contributed by atoms with van der Waals surface area (Å²) in [6.45, 7) is 1.91. The molecule has 0 aliphatic heterocycles. The second-order valence-corrected chi connectivity index (χ2v) is 4.30. The predicted octanol–water partition coefficient (Wildman–Crippen LogP) is 1.88. The van der Waals surface area contributed by atoms with Crippen LogP contribution in [0.2, 0.25) is 0 Å². The number of carbonyl (C=O) groups excluding carboxylic acids is 1. The molecular formula is C11H11N3O2S. The topological polar surface area (TPSA) is 78.1 Å². The number of pyridine rings is 1. The van der Waals surface area contributed by atoms with Crippen LogP contribution in [0.5, 0.6) is 0 Å². The smallest absolute Gasteiger partial charge is 0.341 e. The number of aryl methyl sites for hydroxylation is 1. The van der Waals surface area contributed by atoms with Gasteiger partial charge in [0.05, 0.1) is 7.11 Å². The molecule has 0 bridgehead atoms. The van der Waals surface area contributed by atoms with Gasteiger partial charge in [0.1, 0.15) is 16.4 Å². The van der Waals surface area contributed by atoms with Gasteiger partial charge in [-0.25, -0.2) is 14.8 Å². The summed E-state index contributed by atoms with van der Waals surface area (Å²) in [5, 5.41) is 2.74. The maximum atomic E-state index is 11.5. The molecule has 0 amide bonds. The van der Waals surface area contributed by atoms with Crippen LogP contribution in [0.4, 0.5) is 5.82 Å². The summed E-state index contributed by atoms with van der Waals surface area (Å²) in [6, 6.07) is 1.65. The first kappa shape index (κ1) is 11.5. The molecule has 5 nitrogen and oxygen atoms in total. The Hall–Kier alpha value is -1.95. The van der Waals surface area contributed by atoms with Crippen molar-refractivity contribution in [3.05, 3.63) is 28.9 Å². The standard InChI is InChI=1S/C11H11N3O2S/c1-6-5-17-10(14-6)7-3-8(11(15)16-2)9(12)13-4-7/h3-5H,1-2H3,(H2,12,13). The number of nitrogens with two attached hydrogens (primary N) is 1. The van der Waals surface area contributed by atoms with Crippen molar-refractivity contribution >= 4 is 23.1 Å². The van der Waals surface area contributed by atoms with Gasteiger partial charge in [-0.2, -0.15) is 0 Å². The molecular weight excluding hydrogens is 238 g/mol. The Labute approximate surface area is 102 Å². The van der Waals surface area contributed by atoms with E-state index in [1.54, 1.807) is 12.3 Å². The number of rotatable bonds is 2. The molecule has 2 heterocycles. The minimum Gasteiger partial charge on any atom is -0.465 e. The lowest BCUT2D eigenvalue weighted by molar-refractivity contribution is 0.0601. The van der Waals surface area contributed by atoms with E-state index in [-0.39, 0.29) is 11.4 Å². The summed E-state index contributed by atoms with van der Waals surface area (Å²) in [5.41, 5.74) is 7.58. The number of methoxy groups -OCH3 is 1. The Morgan fingerprint density at radius 3 is 2.88 bits per heavy atom. The van der Waals surface area contributed by atoms with Crippen molar-refractivity contribution in [2.24, 2.45) is 0 Å². The van der Waals surface area contributed by atoms with E-state index in [1.165, 1.54) is 18.4 Å². The van der Waals surface area contributed by atoms with Crippen LogP contribution in [0.15, 0.2) is 17.6 Å². The third-order valence-corrected chi connectivity index (χ3v) is 3.20. The lowest BCUT2D eigenvalue weighted by Crippen LogP contribution is -2.07. The molecule has 0 aliphatic carbocycles. The highest BCUT2D eigenvalue weighted by molar-refractivity contribution is 7.13. The van der Waals surface area contributed by atoms with Crippen molar-refractivity contribution in [2.75, 3.05) is 12.8 Å². The summed E-state index contributed by atoms with van der Waals surface area (Å²) in [7, 11) is 1.31. The zero-order valence-corrected chi connectivity index (χ0v) is 10.2. The first-order valence-electron chi connectivity index (χ1n) is 4.88. The highest BCUT2D eigenvalue weighted by Gasteiger charge is 2.13. The molecule has 0 fully saturated rings. The fourth-order valence-electron chi connectivity index (χ4n) is 1.35. The third kappa shape index (κ3) is 2.26. The summed E-state index contributed by atoms with van der Waals surface area (Å²) in [4.78, 5) is 19.8. The molecule has 0 radical (unpaired) electrons. The minimum absolute atomic E-state index is 0.161. The molecule has 17 heavy (non-hydrogen) atoms. The molecule has 2 rings (SSSR count). The van der Waals surface area contributed by atoms with Crippen molar-refractivity contribution in [1.29, 1.82) is 0 Å². The highest BCUT2D eigenvalue weighted by Crippen LogP contribution is 2.25. The number of hydrogen-bond donors (Lipinski definition) is 1. The number of aromatic nitrogens is 2. The summed E-state index contributed by atoms with van der Waals surface area (Å²) in [6.07, 6.45) is 1.60. The molecule has 0 unspecified atom stereocenters. The summed E-state index contributed by atoms with van der Waals surface area (Å²) < 4.78 is 4.64. The maximum Gasteiger partial charge on any atom is 0.341 e. The van der Waals surface area contributed by atoms with Crippen LogP contribution in [0.3, 0.4) is 0 Å². The van der Waals surface area contributed by atoms with Crippen molar-refractivity contribution in [3.8, 4) is 10.6 Å². The van der Waals surface area contributed by atoms with E-state index in [4.69, 9.17) is 5.73 Å². The Morgan fingerprint density at radius 2 is 2.29 bits per heavy atom. The van der Waals surface area contributed by atoms with Crippen LogP contribution < -0.4 is 5.73 Å². The van der Waals surface area contributed by atoms with E-state index in [0.717, 1.165) is 16.3 Å². The number of nitrogens with zero attached hydrogens (tertiary/aromatic N) is 2. The molecule has 88 valence electrons. The van der Waals surface area contributed by atoms with Gasteiger partial charge in [-0.05, 0) is 13.0 Å². The number of esters is 1. The number of thiazole rings is 1. The van der Waals surface area contributed by atoms with E-state index >= 15 is 0 Å². The number of anilines is 1. The van der Waals surface area contributed by atoms with Gasteiger partial charge < -0.3 is 10.5 Å². The first-order valence-corrected chi connectivity index (χ1v) is 5.76. The Kier molecular flexibility index (Phi) is 3.06. The molecule has 0 aliphatic rings. The highest BCUT2D eigenvalue weighted by atomic mass is 32.1. The third-order valence-electron chi connectivity index (χ3n) is 2.19. The van der Waals surface area contributed by atoms with Crippen LogP contribution in [0.1, 0.15) is 16.1 Å². The van der Waals surface area contributed by atoms with Gasteiger partial charge in [0.2, 0.25) is 0 Å². The van der Waals surface area contributed by atoms with E-state index in [1.807, 2.05) is 12.3 Å². The van der Waals surface area contributed by atoms with Crippen LogP contribution in [0.25, 0.3) is 10.6 Å². The lowest BCUT2D eigenvalue weighted by Gasteiger charge is -2.04. The average Bonchev–Trinajstić information content (AvgIpc) is 2.75. The van der Waals surface area contributed by atoms with E-state index < -0.39 is 5.97 Å². The Morgan fingerprint density at radius 1 is 1.53 bits per heavy atom.